The number of aryl methyl sites for hydroxylation is 1. The van der Waals surface area contributed by atoms with Gasteiger partial charge in [-0.05, 0) is 24.6 Å². The van der Waals surface area contributed by atoms with Crippen molar-refractivity contribution in [1.82, 2.24) is 5.32 Å². The Morgan fingerprint density at radius 2 is 2.20 bits per heavy atom. The first-order valence-corrected chi connectivity index (χ1v) is 6.31. The quantitative estimate of drug-likeness (QED) is 0.834. The average molecular weight is 268 g/mol. The topological polar surface area (TPSA) is 68.3 Å². The maximum Gasteiger partial charge on any atom is 0.254 e. The van der Waals surface area contributed by atoms with Crippen LogP contribution in [0.15, 0.2) is 41.0 Å². The highest BCUT2D eigenvalue weighted by Crippen LogP contribution is 2.09. The van der Waals surface area contributed by atoms with E-state index in [0.29, 0.717) is 24.4 Å². The lowest BCUT2D eigenvalue weighted by atomic mass is 10.1. The molecule has 2 rings (SSSR count). The third kappa shape index (κ3) is 3.50. The summed E-state index contributed by atoms with van der Waals surface area (Å²) in [6.45, 7) is 2.53. The summed E-state index contributed by atoms with van der Waals surface area (Å²) in [5.41, 5.74) is 7.73. The van der Waals surface area contributed by atoms with Crippen LogP contribution in [0.4, 0.5) is 0 Å². The molecule has 0 atom stereocenters. The van der Waals surface area contributed by atoms with E-state index in [1.54, 1.807) is 13.0 Å². The number of nitrogens with one attached hydrogen (secondary N) is 1. The maximum absolute atomic E-state index is 11.9. The summed E-state index contributed by atoms with van der Waals surface area (Å²) < 4.78 is 5.12. The van der Waals surface area contributed by atoms with Gasteiger partial charge in [-0.15, -0.1) is 0 Å². The zero-order chi connectivity index (χ0) is 14.4. The van der Waals surface area contributed by atoms with Crippen LogP contribution >= 0.6 is 0 Å². The van der Waals surface area contributed by atoms with Crippen LogP contribution in [0.1, 0.15) is 27.2 Å². The molecule has 0 bridgehead atoms. The molecule has 2 aromatic rings. The van der Waals surface area contributed by atoms with Crippen molar-refractivity contribution in [2.75, 3.05) is 6.54 Å². The highest BCUT2D eigenvalue weighted by molar-refractivity contribution is 5.93. The maximum atomic E-state index is 11.9. The number of hydrogen-bond acceptors (Lipinski definition) is 3. The Bertz CT molecular complexity index is 662. The van der Waals surface area contributed by atoms with Crippen molar-refractivity contribution in [3.8, 4) is 11.8 Å². The predicted molar refractivity (Wildman–Crippen MR) is 77.0 cm³/mol. The summed E-state index contributed by atoms with van der Waals surface area (Å²) in [5.74, 6) is 6.36. The number of carbonyl (C=O) groups excluding carboxylic acids is 1. The average Bonchev–Trinajstić information content (AvgIpc) is 2.90. The normalized spacial score (nSPS) is 9.70. The summed E-state index contributed by atoms with van der Waals surface area (Å²) in [5, 5.41) is 2.85. The molecule has 3 N–H and O–H groups in total. The second kappa shape index (κ2) is 6.60. The third-order valence-corrected chi connectivity index (χ3v) is 2.77. The highest BCUT2D eigenvalue weighted by atomic mass is 16.3. The van der Waals surface area contributed by atoms with Crippen molar-refractivity contribution >= 4 is 5.91 Å². The fourth-order valence-electron chi connectivity index (χ4n) is 1.78. The Morgan fingerprint density at radius 1 is 1.40 bits per heavy atom. The van der Waals surface area contributed by atoms with Crippen molar-refractivity contribution in [2.24, 2.45) is 5.73 Å². The number of carbonyl (C=O) groups is 1. The molecule has 1 heterocycles. The second-order valence-electron chi connectivity index (χ2n) is 4.29. The molecule has 0 saturated carbocycles. The van der Waals surface area contributed by atoms with Crippen LogP contribution < -0.4 is 11.1 Å². The van der Waals surface area contributed by atoms with Gasteiger partial charge in [-0.3, -0.25) is 4.79 Å². The zero-order valence-electron chi connectivity index (χ0n) is 11.3. The summed E-state index contributed by atoms with van der Waals surface area (Å²) >= 11 is 0. The molecule has 0 spiro atoms. The van der Waals surface area contributed by atoms with Gasteiger partial charge in [0.15, 0.2) is 0 Å². The minimum Gasteiger partial charge on any atom is -0.469 e. The smallest absolute Gasteiger partial charge is 0.254 e. The molecule has 4 nitrogen and oxygen atoms in total. The number of rotatable bonds is 3. The van der Waals surface area contributed by atoms with E-state index < -0.39 is 0 Å². The summed E-state index contributed by atoms with van der Waals surface area (Å²) in [7, 11) is 0. The van der Waals surface area contributed by atoms with Gasteiger partial charge >= 0.3 is 0 Å². The molecule has 0 fully saturated rings. The molecule has 0 aliphatic rings. The largest absolute Gasteiger partial charge is 0.469 e. The molecule has 0 unspecified atom stereocenters. The first-order chi connectivity index (χ1) is 9.70. The summed E-state index contributed by atoms with van der Waals surface area (Å²) in [6.07, 6.45) is 1.45. The van der Waals surface area contributed by atoms with E-state index in [0.717, 1.165) is 11.1 Å². The molecule has 0 radical (unpaired) electrons. The number of hydrogen-bond donors (Lipinski definition) is 2. The van der Waals surface area contributed by atoms with Crippen LogP contribution in [0.5, 0.6) is 0 Å². The molecule has 102 valence electrons. The molecular formula is C16H16N2O2. The molecular weight excluding hydrogens is 252 g/mol. The highest BCUT2D eigenvalue weighted by Gasteiger charge is 2.08. The first-order valence-electron chi connectivity index (χ1n) is 6.31. The van der Waals surface area contributed by atoms with Crippen LogP contribution in [0.3, 0.4) is 0 Å². The predicted octanol–water partition coefficient (Wildman–Crippen LogP) is 1.83. The second-order valence-corrected chi connectivity index (χ2v) is 4.29. The van der Waals surface area contributed by atoms with Crippen molar-refractivity contribution in [3.05, 3.63) is 59.0 Å². The molecule has 0 aliphatic heterocycles. The van der Waals surface area contributed by atoms with Gasteiger partial charge in [-0.1, -0.05) is 30.0 Å². The first kappa shape index (κ1) is 13.9. The SMILES string of the molecule is Cc1cc(C(=O)NCc2ccccc2C#CCN)co1. The minimum absolute atomic E-state index is 0.163. The fraction of sp³-hybridized carbons (Fsp3) is 0.188. The van der Waals surface area contributed by atoms with Gasteiger partial charge in [0, 0.05) is 12.1 Å². The molecule has 4 heteroatoms. The number of nitrogens with two attached hydrogens (primary N) is 1. The zero-order valence-corrected chi connectivity index (χ0v) is 11.3. The number of benzene rings is 1. The minimum atomic E-state index is -0.163. The van der Waals surface area contributed by atoms with Crippen molar-refractivity contribution in [3.63, 3.8) is 0 Å². The van der Waals surface area contributed by atoms with Crippen LogP contribution in [0.25, 0.3) is 0 Å². The van der Waals surface area contributed by atoms with E-state index in [-0.39, 0.29) is 5.91 Å². The Balaban J connectivity index is 2.06. The molecule has 0 aliphatic carbocycles. The Hall–Kier alpha value is -2.51. The van der Waals surface area contributed by atoms with Gasteiger partial charge in [0.05, 0.1) is 12.1 Å². The Morgan fingerprint density at radius 3 is 2.90 bits per heavy atom. The van der Waals surface area contributed by atoms with Crippen LogP contribution in [-0.4, -0.2) is 12.5 Å². The standard InChI is InChI=1S/C16H16N2O2/c1-12-9-15(11-20-12)16(19)18-10-14-6-3-2-5-13(14)7-4-8-17/h2-3,5-6,9,11H,8,10,17H2,1H3,(H,18,19). The Labute approximate surface area is 118 Å². The third-order valence-electron chi connectivity index (χ3n) is 2.77. The van der Waals surface area contributed by atoms with E-state index in [9.17, 15) is 4.79 Å². The number of amides is 1. The summed E-state index contributed by atoms with van der Waals surface area (Å²) in [6, 6.07) is 9.37. The molecule has 0 saturated heterocycles. The van der Waals surface area contributed by atoms with E-state index in [2.05, 4.69) is 17.2 Å². The molecule has 1 amide bonds. The van der Waals surface area contributed by atoms with E-state index >= 15 is 0 Å². The van der Waals surface area contributed by atoms with Gasteiger partial charge in [0.2, 0.25) is 0 Å². The van der Waals surface area contributed by atoms with E-state index in [1.165, 1.54) is 6.26 Å². The van der Waals surface area contributed by atoms with E-state index in [4.69, 9.17) is 10.2 Å². The van der Waals surface area contributed by atoms with Gasteiger partial charge in [0.25, 0.3) is 5.91 Å². The van der Waals surface area contributed by atoms with Crippen LogP contribution in [0.2, 0.25) is 0 Å². The van der Waals surface area contributed by atoms with Crippen molar-refractivity contribution in [1.29, 1.82) is 0 Å². The fourth-order valence-corrected chi connectivity index (χ4v) is 1.78. The van der Waals surface area contributed by atoms with Gasteiger partial charge in [-0.2, -0.15) is 0 Å². The lowest BCUT2D eigenvalue weighted by molar-refractivity contribution is 0.0950. The van der Waals surface area contributed by atoms with Crippen LogP contribution in [0, 0.1) is 18.8 Å². The van der Waals surface area contributed by atoms with Crippen LogP contribution in [-0.2, 0) is 6.54 Å². The molecule has 20 heavy (non-hydrogen) atoms. The van der Waals surface area contributed by atoms with E-state index in [1.807, 2.05) is 24.3 Å². The van der Waals surface area contributed by atoms with Crippen molar-refractivity contribution in [2.45, 2.75) is 13.5 Å². The number of furan rings is 1. The summed E-state index contributed by atoms with van der Waals surface area (Å²) in [4.78, 5) is 11.9. The Kier molecular flexibility index (Phi) is 4.59. The lowest BCUT2D eigenvalue weighted by Gasteiger charge is -2.06. The lowest BCUT2D eigenvalue weighted by Crippen LogP contribution is -2.22. The van der Waals surface area contributed by atoms with Gasteiger partial charge in [0.1, 0.15) is 12.0 Å². The molecule has 1 aromatic heterocycles. The molecule has 1 aromatic carbocycles. The van der Waals surface area contributed by atoms with Crippen molar-refractivity contribution < 1.29 is 9.21 Å². The van der Waals surface area contributed by atoms with Gasteiger partial charge in [-0.25, -0.2) is 0 Å². The van der Waals surface area contributed by atoms with Gasteiger partial charge < -0.3 is 15.5 Å². The monoisotopic (exact) mass is 268 g/mol.